The molecule has 2 aromatic carbocycles. The number of ether oxygens (including phenoxy) is 5. The number of nitrogens with zero attached hydrogens (tertiary/aromatic N) is 5. The number of hydrogen-bond acceptors (Lipinski definition) is 11. The SMILES string of the molecule is COc1ccc(CN(Cc2ccc(OC)cc2OC)c2nc(N3C(=O)OC[C@@H]3C)cc3cc(NC(=O)C4CC4C#N)ncc23)c(OC)c1. The van der Waals surface area contributed by atoms with Gasteiger partial charge in [-0.2, -0.15) is 5.26 Å². The quantitative estimate of drug-likeness (QED) is 0.212. The molecule has 1 aliphatic heterocycles. The fourth-order valence-electron chi connectivity index (χ4n) is 5.81. The zero-order valence-corrected chi connectivity index (χ0v) is 27.4. The van der Waals surface area contributed by atoms with Gasteiger partial charge >= 0.3 is 6.09 Å². The summed E-state index contributed by atoms with van der Waals surface area (Å²) in [4.78, 5) is 38.9. The number of anilines is 3. The molecular weight excluding hydrogens is 616 g/mol. The average molecular weight is 653 g/mol. The predicted octanol–water partition coefficient (Wildman–Crippen LogP) is 5.31. The molecule has 0 bridgehead atoms. The van der Waals surface area contributed by atoms with E-state index in [1.54, 1.807) is 46.8 Å². The molecule has 2 unspecified atom stereocenters. The van der Waals surface area contributed by atoms with Crippen LogP contribution in [-0.2, 0) is 22.6 Å². The van der Waals surface area contributed by atoms with Crippen molar-refractivity contribution in [3.8, 4) is 29.1 Å². The van der Waals surface area contributed by atoms with Crippen LogP contribution in [-0.4, -0.2) is 63.1 Å². The number of hydrogen-bond donors (Lipinski definition) is 1. The summed E-state index contributed by atoms with van der Waals surface area (Å²) in [6, 6.07) is 16.6. The van der Waals surface area contributed by atoms with Crippen LogP contribution in [0.5, 0.6) is 23.0 Å². The molecule has 1 N–H and O–H groups in total. The van der Waals surface area contributed by atoms with Crippen molar-refractivity contribution >= 4 is 40.2 Å². The van der Waals surface area contributed by atoms with Crippen LogP contribution in [0.15, 0.2) is 54.7 Å². The van der Waals surface area contributed by atoms with E-state index in [9.17, 15) is 14.9 Å². The van der Waals surface area contributed by atoms with Gasteiger partial charge in [0.15, 0.2) is 0 Å². The lowest BCUT2D eigenvalue weighted by Crippen LogP contribution is -2.32. The summed E-state index contributed by atoms with van der Waals surface area (Å²) < 4.78 is 27.7. The number of benzene rings is 2. The van der Waals surface area contributed by atoms with Gasteiger partial charge in [0, 0.05) is 47.9 Å². The minimum absolute atomic E-state index is 0.225. The molecule has 1 saturated heterocycles. The maximum absolute atomic E-state index is 12.9. The summed E-state index contributed by atoms with van der Waals surface area (Å²) in [5, 5.41) is 13.4. The van der Waals surface area contributed by atoms with E-state index in [0.29, 0.717) is 70.7 Å². The molecule has 1 aliphatic carbocycles. The summed E-state index contributed by atoms with van der Waals surface area (Å²) in [6.45, 7) is 2.79. The van der Waals surface area contributed by atoms with Gasteiger partial charge in [0.2, 0.25) is 5.91 Å². The number of rotatable bonds is 12. The van der Waals surface area contributed by atoms with Crippen molar-refractivity contribution in [3.63, 3.8) is 0 Å². The summed E-state index contributed by atoms with van der Waals surface area (Å²) in [7, 11) is 6.39. The van der Waals surface area contributed by atoms with Crippen molar-refractivity contribution in [1.82, 2.24) is 9.97 Å². The van der Waals surface area contributed by atoms with Gasteiger partial charge < -0.3 is 33.9 Å². The summed E-state index contributed by atoms with van der Waals surface area (Å²) in [5.74, 6) is 2.90. The maximum atomic E-state index is 12.9. The fraction of sp³-hybridized carbons (Fsp3) is 0.343. The Morgan fingerprint density at radius 1 is 1.00 bits per heavy atom. The highest BCUT2D eigenvalue weighted by molar-refractivity contribution is 6.00. The number of nitriles is 1. The van der Waals surface area contributed by atoms with Crippen LogP contribution in [0.3, 0.4) is 0 Å². The Bertz CT molecular complexity index is 1850. The molecule has 6 rings (SSSR count). The molecule has 2 aliphatic rings. The Labute approximate surface area is 277 Å². The zero-order valence-electron chi connectivity index (χ0n) is 27.4. The molecule has 2 amide bonds. The monoisotopic (exact) mass is 652 g/mol. The number of methoxy groups -OCH3 is 4. The van der Waals surface area contributed by atoms with Crippen LogP contribution in [0, 0.1) is 23.2 Å². The molecular formula is C35H36N6O7. The van der Waals surface area contributed by atoms with Crippen molar-refractivity contribution in [2.75, 3.05) is 50.2 Å². The first kappa shape index (κ1) is 32.2. The van der Waals surface area contributed by atoms with E-state index in [1.165, 1.54) is 4.90 Å². The second-order valence-electron chi connectivity index (χ2n) is 11.7. The van der Waals surface area contributed by atoms with Gasteiger partial charge in [0.05, 0.1) is 52.4 Å². The van der Waals surface area contributed by atoms with Gasteiger partial charge in [-0.25, -0.2) is 14.8 Å². The Morgan fingerprint density at radius 3 is 2.17 bits per heavy atom. The lowest BCUT2D eigenvalue weighted by Gasteiger charge is -2.28. The highest BCUT2D eigenvalue weighted by atomic mass is 16.6. The second kappa shape index (κ2) is 13.5. The predicted molar refractivity (Wildman–Crippen MR) is 178 cm³/mol. The van der Waals surface area contributed by atoms with E-state index in [4.69, 9.17) is 28.7 Å². The Morgan fingerprint density at radius 2 is 1.65 bits per heavy atom. The van der Waals surface area contributed by atoms with Crippen LogP contribution < -0.4 is 34.1 Å². The summed E-state index contributed by atoms with van der Waals surface area (Å²) in [5.41, 5.74) is 1.71. The number of pyridine rings is 2. The Hall–Kier alpha value is -5.77. The lowest BCUT2D eigenvalue weighted by atomic mass is 10.1. The molecule has 3 heterocycles. The zero-order chi connectivity index (χ0) is 33.9. The number of cyclic esters (lactones) is 1. The van der Waals surface area contributed by atoms with E-state index in [2.05, 4.69) is 16.4 Å². The van der Waals surface area contributed by atoms with Gasteiger partial charge in [-0.05, 0) is 55.1 Å². The molecule has 0 spiro atoms. The largest absolute Gasteiger partial charge is 0.497 e. The first-order chi connectivity index (χ1) is 23.3. The standard InChI is InChI=1S/C35H36N6O7/c1-20-19-48-35(43)41(20)32-12-23-11-31(38-34(42)27-10-24(27)15-36)37-16-28(23)33(39-32)40(17-21-6-8-25(44-2)13-29(21)46-4)18-22-7-9-26(45-3)14-30(22)47-5/h6-9,11-14,16,20,24,27H,10,17-19H2,1-5H3,(H,37,38,42)/t20-,24?,27?/m0/s1. The van der Waals surface area contributed by atoms with E-state index < -0.39 is 6.09 Å². The minimum Gasteiger partial charge on any atom is -0.497 e. The van der Waals surface area contributed by atoms with Crippen LogP contribution in [0.2, 0.25) is 0 Å². The molecule has 13 nitrogen and oxygen atoms in total. The van der Waals surface area contributed by atoms with Crippen LogP contribution in [0.4, 0.5) is 22.2 Å². The smallest absolute Gasteiger partial charge is 0.415 e. The van der Waals surface area contributed by atoms with Crippen molar-refractivity contribution in [3.05, 3.63) is 65.9 Å². The van der Waals surface area contributed by atoms with Gasteiger partial charge in [-0.1, -0.05) is 0 Å². The summed E-state index contributed by atoms with van der Waals surface area (Å²) in [6.07, 6.45) is 1.68. The van der Waals surface area contributed by atoms with Gasteiger partial charge in [0.25, 0.3) is 0 Å². The van der Waals surface area contributed by atoms with Crippen molar-refractivity contribution in [1.29, 1.82) is 5.26 Å². The third kappa shape index (κ3) is 6.42. The van der Waals surface area contributed by atoms with E-state index in [1.807, 2.05) is 48.2 Å². The van der Waals surface area contributed by atoms with E-state index >= 15 is 0 Å². The number of fused-ring (bicyclic) bond motifs is 1. The highest BCUT2D eigenvalue weighted by Crippen LogP contribution is 2.39. The molecule has 3 atom stereocenters. The molecule has 4 aromatic rings. The van der Waals surface area contributed by atoms with Crippen molar-refractivity contribution < 1.29 is 33.3 Å². The third-order valence-electron chi connectivity index (χ3n) is 8.57. The van der Waals surface area contributed by atoms with Crippen molar-refractivity contribution in [2.45, 2.75) is 32.5 Å². The second-order valence-corrected chi connectivity index (χ2v) is 11.7. The van der Waals surface area contributed by atoms with Gasteiger partial charge in [0.1, 0.15) is 47.1 Å². The maximum Gasteiger partial charge on any atom is 0.415 e. The van der Waals surface area contributed by atoms with Crippen LogP contribution >= 0.6 is 0 Å². The normalized spacial score (nSPS) is 18.1. The Kier molecular flexibility index (Phi) is 9.07. The van der Waals surface area contributed by atoms with Crippen molar-refractivity contribution in [2.24, 2.45) is 11.8 Å². The first-order valence-electron chi connectivity index (χ1n) is 15.4. The van der Waals surface area contributed by atoms with E-state index in [0.717, 1.165) is 11.1 Å². The minimum atomic E-state index is -0.501. The molecule has 13 heteroatoms. The molecule has 2 fully saturated rings. The third-order valence-corrected chi connectivity index (χ3v) is 8.57. The number of amides is 2. The first-order valence-corrected chi connectivity index (χ1v) is 15.4. The number of carbonyl (C=O) groups is 2. The average Bonchev–Trinajstić information content (AvgIpc) is 3.83. The molecule has 48 heavy (non-hydrogen) atoms. The molecule has 248 valence electrons. The number of carbonyl (C=O) groups excluding carboxylic acids is 2. The Balaban J connectivity index is 1.49. The molecule has 2 aromatic heterocycles. The summed E-state index contributed by atoms with van der Waals surface area (Å²) >= 11 is 0. The van der Waals surface area contributed by atoms with Crippen LogP contribution in [0.1, 0.15) is 24.5 Å². The molecule has 0 radical (unpaired) electrons. The fourth-order valence-corrected chi connectivity index (χ4v) is 5.81. The molecule has 1 saturated carbocycles. The topological polar surface area (TPSA) is 148 Å². The number of nitrogens with one attached hydrogen (secondary N) is 1. The van der Waals surface area contributed by atoms with E-state index in [-0.39, 0.29) is 30.4 Å². The number of aromatic nitrogens is 2. The van der Waals surface area contributed by atoms with Gasteiger partial charge in [-0.15, -0.1) is 0 Å². The van der Waals surface area contributed by atoms with Crippen LogP contribution in [0.25, 0.3) is 10.8 Å². The van der Waals surface area contributed by atoms with Gasteiger partial charge in [-0.3, -0.25) is 9.69 Å². The lowest BCUT2D eigenvalue weighted by molar-refractivity contribution is -0.117. The highest BCUT2D eigenvalue weighted by Gasteiger charge is 2.43.